The highest BCUT2D eigenvalue weighted by atomic mass is 32.1. The van der Waals surface area contributed by atoms with Crippen molar-refractivity contribution in [2.24, 2.45) is 11.3 Å². The van der Waals surface area contributed by atoms with E-state index in [9.17, 15) is 0 Å². The van der Waals surface area contributed by atoms with Crippen molar-refractivity contribution in [1.29, 1.82) is 0 Å². The summed E-state index contributed by atoms with van der Waals surface area (Å²) in [4.78, 5) is 2.76. The summed E-state index contributed by atoms with van der Waals surface area (Å²) in [5.74, 6) is 2.08. The molecule has 2 bridgehead atoms. The van der Waals surface area contributed by atoms with Gasteiger partial charge in [-0.05, 0) is 49.2 Å². The molecule has 2 rings (SSSR count). The van der Waals surface area contributed by atoms with Crippen molar-refractivity contribution in [2.75, 3.05) is 18.8 Å². The Morgan fingerprint density at radius 3 is 2.40 bits per heavy atom. The number of piperidine rings is 1. The largest absolute Gasteiger partial charge is 0.300 e. The van der Waals surface area contributed by atoms with Crippen LogP contribution in [0.1, 0.15) is 46.0 Å². The molecule has 88 valence electrons. The predicted molar refractivity (Wildman–Crippen MR) is 69.6 cm³/mol. The van der Waals surface area contributed by atoms with Gasteiger partial charge in [0.05, 0.1) is 0 Å². The summed E-state index contributed by atoms with van der Waals surface area (Å²) in [6.07, 6.45) is 6.99. The smallest absolute Gasteiger partial charge is 0.00988 e. The van der Waals surface area contributed by atoms with Crippen LogP contribution in [-0.2, 0) is 0 Å². The second-order valence-electron chi connectivity index (χ2n) is 5.63. The van der Waals surface area contributed by atoms with Gasteiger partial charge in [-0.15, -0.1) is 0 Å². The summed E-state index contributed by atoms with van der Waals surface area (Å²) in [5, 5.41) is 0. The highest BCUT2D eigenvalue weighted by molar-refractivity contribution is 7.80. The number of hydrogen-bond donors (Lipinski definition) is 1. The third-order valence-corrected chi connectivity index (χ3v) is 5.57. The quantitative estimate of drug-likeness (QED) is 0.706. The molecule has 0 aromatic carbocycles. The molecule has 1 heterocycles. The third kappa shape index (κ3) is 2.21. The first kappa shape index (κ1) is 11.8. The molecule has 0 aromatic rings. The maximum absolute atomic E-state index is 4.58. The maximum Gasteiger partial charge on any atom is 0.00988 e. The Labute approximate surface area is 100 Å². The zero-order chi connectivity index (χ0) is 10.9. The minimum absolute atomic E-state index is 0.480. The van der Waals surface area contributed by atoms with E-state index in [1.54, 1.807) is 0 Å². The van der Waals surface area contributed by atoms with Crippen molar-refractivity contribution in [3.8, 4) is 0 Å². The maximum atomic E-state index is 4.58. The van der Waals surface area contributed by atoms with Crippen LogP contribution in [0.15, 0.2) is 0 Å². The summed E-state index contributed by atoms with van der Waals surface area (Å²) in [6.45, 7) is 7.33. The van der Waals surface area contributed by atoms with Gasteiger partial charge in [0.15, 0.2) is 0 Å². The molecule has 2 fully saturated rings. The fourth-order valence-corrected chi connectivity index (χ4v) is 3.95. The van der Waals surface area contributed by atoms with Crippen molar-refractivity contribution in [3.63, 3.8) is 0 Å². The molecule has 2 heteroatoms. The van der Waals surface area contributed by atoms with Crippen LogP contribution in [0.5, 0.6) is 0 Å². The van der Waals surface area contributed by atoms with Crippen LogP contribution in [0.25, 0.3) is 0 Å². The fraction of sp³-hybridized carbons (Fsp3) is 1.00. The van der Waals surface area contributed by atoms with Gasteiger partial charge in [0.1, 0.15) is 0 Å². The van der Waals surface area contributed by atoms with E-state index in [-0.39, 0.29) is 0 Å². The Kier molecular flexibility index (Phi) is 3.67. The molecule has 0 spiro atoms. The van der Waals surface area contributed by atoms with Gasteiger partial charge >= 0.3 is 0 Å². The van der Waals surface area contributed by atoms with E-state index in [1.807, 2.05) is 0 Å². The SMILES string of the molecule is CCC(CC)(CS)CN1CC2CCC1C2. The highest BCUT2D eigenvalue weighted by Gasteiger charge is 2.40. The molecule has 1 aliphatic carbocycles. The molecule has 2 unspecified atom stereocenters. The third-order valence-electron chi connectivity index (χ3n) is 4.90. The molecular formula is C13H25NS. The van der Waals surface area contributed by atoms with Crippen molar-refractivity contribution in [3.05, 3.63) is 0 Å². The first-order valence-corrected chi connectivity index (χ1v) is 7.21. The van der Waals surface area contributed by atoms with Crippen LogP contribution < -0.4 is 0 Å². The topological polar surface area (TPSA) is 3.24 Å². The Morgan fingerprint density at radius 2 is 2.00 bits per heavy atom. The Morgan fingerprint density at radius 1 is 1.27 bits per heavy atom. The molecule has 2 atom stereocenters. The Bertz CT molecular complexity index is 204. The van der Waals surface area contributed by atoms with Crippen LogP contribution in [0.2, 0.25) is 0 Å². The molecule has 0 aromatic heterocycles. The highest BCUT2D eigenvalue weighted by Crippen LogP contribution is 2.40. The number of rotatable bonds is 5. The number of thiol groups is 1. The zero-order valence-corrected chi connectivity index (χ0v) is 11.1. The van der Waals surface area contributed by atoms with Crippen LogP contribution >= 0.6 is 12.6 Å². The van der Waals surface area contributed by atoms with Crippen molar-refractivity contribution >= 4 is 12.6 Å². The Balaban J connectivity index is 1.95. The zero-order valence-electron chi connectivity index (χ0n) is 10.2. The molecule has 0 N–H and O–H groups in total. The van der Waals surface area contributed by atoms with Gasteiger partial charge in [0.2, 0.25) is 0 Å². The first-order chi connectivity index (χ1) is 7.23. The standard InChI is InChI=1S/C13H25NS/c1-3-13(4-2,10-15)9-14-8-11-5-6-12(14)7-11/h11-12,15H,3-10H2,1-2H3. The molecule has 1 saturated carbocycles. The lowest BCUT2D eigenvalue weighted by Gasteiger charge is -2.38. The summed E-state index contributed by atoms with van der Waals surface area (Å²) >= 11 is 4.58. The van der Waals surface area contributed by atoms with Crippen LogP contribution in [-0.4, -0.2) is 29.8 Å². The van der Waals surface area contributed by atoms with Crippen LogP contribution in [0, 0.1) is 11.3 Å². The molecule has 1 nitrogen and oxygen atoms in total. The number of nitrogens with zero attached hydrogens (tertiary/aromatic N) is 1. The fourth-order valence-electron chi connectivity index (χ4n) is 3.40. The lowest BCUT2D eigenvalue weighted by molar-refractivity contribution is 0.126. The van der Waals surface area contributed by atoms with Crippen molar-refractivity contribution < 1.29 is 0 Å². The van der Waals surface area contributed by atoms with E-state index < -0.39 is 0 Å². The molecule has 1 saturated heterocycles. The van der Waals surface area contributed by atoms with Crippen LogP contribution in [0.3, 0.4) is 0 Å². The molecule has 0 amide bonds. The molecule has 0 radical (unpaired) electrons. The lowest BCUT2D eigenvalue weighted by Crippen LogP contribution is -2.42. The van der Waals surface area contributed by atoms with Gasteiger partial charge in [-0.25, -0.2) is 0 Å². The van der Waals surface area contributed by atoms with E-state index in [0.29, 0.717) is 5.41 Å². The van der Waals surface area contributed by atoms with E-state index in [1.165, 1.54) is 45.2 Å². The first-order valence-electron chi connectivity index (χ1n) is 6.58. The van der Waals surface area contributed by atoms with Gasteiger partial charge < -0.3 is 0 Å². The van der Waals surface area contributed by atoms with Gasteiger partial charge in [0.25, 0.3) is 0 Å². The number of fused-ring (bicyclic) bond motifs is 2. The molecule has 2 aliphatic rings. The minimum Gasteiger partial charge on any atom is -0.300 e. The number of likely N-dealkylation sites (tertiary alicyclic amines) is 1. The normalized spacial score (nSPS) is 31.4. The molecule has 15 heavy (non-hydrogen) atoms. The van der Waals surface area contributed by atoms with E-state index in [2.05, 4.69) is 31.4 Å². The molecular weight excluding hydrogens is 202 g/mol. The van der Waals surface area contributed by atoms with E-state index >= 15 is 0 Å². The van der Waals surface area contributed by atoms with Gasteiger partial charge in [0, 0.05) is 19.1 Å². The Hall–Kier alpha value is 0.310. The summed E-state index contributed by atoms with van der Waals surface area (Å²) < 4.78 is 0. The monoisotopic (exact) mass is 227 g/mol. The second kappa shape index (κ2) is 4.67. The van der Waals surface area contributed by atoms with Crippen LogP contribution in [0.4, 0.5) is 0 Å². The van der Waals surface area contributed by atoms with Gasteiger partial charge in [-0.2, -0.15) is 12.6 Å². The predicted octanol–water partition coefficient (Wildman–Crippen LogP) is 3.21. The summed E-state index contributed by atoms with van der Waals surface area (Å²) in [6, 6.07) is 0.923. The average Bonchev–Trinajstić information content (AvgIpc) is 2.88. The number of hydrogen-bond acceptors (Lipinski definition) is 2. The van der Waals surface area contributed by atoms with Crippen molar-refractivity contribution in [1.82, 2.24) is 4.90 Å². The lowest BCUT2D eigenvalue weighted by atomic mass is 9.83. The van der Waals surface area contributed by atoms with E-state index in [4.69, 9.17) is 0 Å². The summed E-state index contributed by atoms with van der Waals surface area (Å²) in [7, 11) is 0. The van der Waals surface area contributed by atoms with E-state index in [0.717, 1.165) is 17.7 Å². The van der Waals surface area contributed by atoms with Crippen molar-refractivity contribution in [2.45, 2.75) is 52.0 Å². The minimum atomic E-state index is 0.480. The molecule has 1 aliphatic heterocycles. The second-order valence-corrected chi connectivity index (χ2v) is 5.94. The van der Waals surface area contributed by atoms with Gasteiger partial charge in [-0.1, -0.05) is 13.8 Å². The average molecular weight is 227 g/mol. The van der Waals surface area contributed by atoms with Gasteiger partial charge in [-0.3, -0.25) is 4.90 Å². The summed E-state index contributed by atoms with van der Waals surface area (Å²) in [5.41, 5.74) is 0.480.